The number of hydrogen-bond acceptors (Lipinski definition) is 4. The number of ether oxygens (including phenoxy) is 1. The number of alkyl halides is 2. The van der Waals surface area contributed by atoms with E-state index >= 15 is 0 Å². The standard InChI is InChI=1S/C20H19BrClN3O/c21-20(22)19(25-11-13-26-14-12-25)23-17(15-7-3-1-4-8-15)18(24-20)16-9-5-2-6-10-16/h1-10,24H,11-14H2. The van der Waals surface area contributed by atoms with Crippen LogP contribution in [0.25, 0.3) is 11.4 Å². The van der Waals surface area contributed by atoms with Crippen molar-refractivity contribution in [2.24, 2.45) is 4.99 Å². The minimum atomic E-state index is -0.964. The number of aliphatic imine (C=N–C) groups is 1. The molecular formula is C20H19BrClN3O. The highest BCUT2D eigenvalue weighted by molar-refractivity contribution is 9.10. The van der Waals surface area contributed by atoms with Gasteiger partial charge >= 0.3 is 0 Å². The van der Waals surface area contributed by atoms with Crippen molar-refractivity contribution in [3.8, 4) is 0 Å². The zero-order valence-electron chi connectivity index (χ0n) is 14.2. The van der Waals surface area contributed by atoms with E-state index in [-0.39, 0.29) is 0 Å². The molecule has 0 aromatic heterocycles. The molecule has 0 saturated carbocycles. The Morgan fingerprint density at radius 1 is 0.962 bits per heavy atom. The van der Waals surface area contributed by atoms with E-state index in [2.05, 4.69) is 50.4 Å². The molecule has 4 rings (SSSR count). The first-order valence-electron chi connectivity index (χ1n) is 8.58. The molecule has 0 radical (unpaired) electrons. The molecule has 2 aromatic rings. The number of rotatable bonds is 2. The topological polar surface area (TPSA) is 36.9 Å². The minimum absolute atomic E-state index is 0.676. The van der Waals surface area contributed by atoms with Gasteiger partial charge in [-0.05, 0) is 21.5 Å². The van der Waals surface area contributed by atoms with Crippen molar-refractivity contribution in [1.29, 1.82) is 0 Å². The Bertz CT molecular complexity index is 831. The lowest BCUT2D eigenvalue weighted by atomic mass is 10.0. The average Bonchev–Trinajstić information content (AvgIpc) is 2.69. The lowest BCUT2D eigenvalue weighted by Crippen LogP contribution is -2.54. The van der Waals surface area contributed by atoms with Gasteiger partial charge < -0.3 is 15.0 Å². The van der Waals surface area contributed by atoms with Crippen LogP contribution in [0.2, 0.25) is 0 Å². The van der Waals surface area contributed by atoms with E-state index in [1.54, 1.807) is 0 Å². The Kier molecular flexibility index (Phi) is 5.02. The predicted molar refractivity (Wildman–Crippen MR) is 110 cm³/mol. The van der Waals surface area contributed by atoms with Gasteiger partial charge in [0.25, 0.3) is 0 Å². The molecule has 1 saturated heterocycles. The summed E-state index contributed by atoms with van der Waals surface area (Å²) >= 11 is 10.5. The van der Waals surface area contributed by atoms with Crippen LogP contribution in [-0.4, -0.2) is 40.9 Å². The number of nitrogens with zero attached hydrogens (tertiary/aromatic N) is 2. The first kappa shape index (κ1) is 17.6. The van der Waals surface area contributed by atoms with Crippen LogP contribution in [0.5, 0.6) is 0 Å². The third kappa shape index (κ3) is 3.52. The fourth-order valence-electron chi connectivity index (χ4n) is 3.17. The van der Waals surface area contributed by atoms with Gasteiger partial charge in [-0.25, -0.2) is 4.99 Å². The van der Waals surface area contributed by atoms with Crippen LogP contribution in [0.4, 0.5) is 0 Å². The molecule has 1 N–H and O–H groups in total. The summed E-state index contributed by atoms with van der Waals surface area (Å²) in [5.74, 6) is 0.765. The molecular weight excluding hydrogens is 414 g/mol. The Morgan fingerprint density at radius 3 is 2.15 bits per heavy atom. The quantitative estimate of drug-likeness (QED) is 0.572. The third-order valence-electron chi connectivity index (χ3n) is 4.44. The van der Waals surface area contributed by atoms with Gasteiger partial charge in [-0.1, -0.05) is 72.3 Å². The van der Waals surface area contributed by atoms with Gasteiger partial charge in [-0.2, -0.15) is 0 Å². The molecule has 2 heterocycles. The van der Waals surface area contributed by atoms with Crippen molar-refractivity contribution in [2.75, 3.05) is 26.3 Å². The van der Waals surface area contributed by atoms with Crippen LogP contribution < -0.4 is 5.32 Å². The van der Waals surface area contributed by atoms with E-state index in [0.29, 0.717) is 13.2 Å². The summed E-state index contributed by atoms with van der Waals surface area (Å²) in [5.41, 5.74) is 3.87. The van der Waals surface area contributed by atoms with Crippen LogP contribution in [0.15, 0.2) is 65.7 Å². The molecule has 2 aliphatic heterocycles. The lowest BCUT2D eigenvalue weighted by molar-refractivity contribution is 0.0669. The smallest absolute Gasteiger partial charge is 0.226 e. The Labute approximate surface area is 166 Å². The number of benzene rings is 2. The maximum absolute atomic E-state index is 6.83. The van der Waals surface area contributed by atoms with Crippen molar-refractivity contribution < 1.29 is 4.74 Å². The maximum atomic E-state index is 6.83. The molecule has 0 amide bonds. The van der Waals surface area contributed by atoms with Gasteiger partial charge in [0, 0.05) is 18.7 Å². The molecule has 134 valence electrons. The van der Waals surface area contributed by atoms with Crippen molar-refractivity contribution in [3.63, 3.8) is 0 Å². The number of amidine groups is 1. The zero-order chi connectivity index (χ0) is 18.0. The molecule has 4 nitrogen and oxygen atoms in total. The average molecular weight is 433 g/mol. The summed E-state index contributed by atoms with van der Waals surface area (Å²) in [5, 5.41) is 3.45. The van der Waals surface area contributed by atoms with Crippen LogP contribution in [0.1, 0.15) is 11.1 Å². The van der Waals surface area contributed by atoms with Crippen LogP contribution in [0.3, 0.4) is 0 Å². The normalized spacial score (nSPS) is 23.5. The first-order chi connectivity index (χ1) is 12.6. The van der Waals surface area contributed by atoms with E-state index in [0.717, 1.165) is 41.4 Å². The van der Waals surface area contributed by atoms with Crippen LogP contribution in [0, 0.1) is 0 Å². The van der Waals surface area contributed by atoms with E-state index in [9.17, 15) is 0 Å². The highest BCUT2D eigenvalue weighted by atomic mass is 79.9. The summed E-state index contributed by atoms with van der Waals surface area (Å²) in [4.78, 5) is 7.18. The van der Waals surface area contributed by atoms with E-state index in [1.807, 2.05) is 36.4 Å². The second-order valence-electron chi connectivity index (χ2n) is 6.19. The maximum Gasteiger partial charge on any atom is 0.226 e. The minimum Gasteiger partial charge on any atom is -0.378 e. The Balaban J connectivity index is 1.86. The van der Waals surface area contributed by atoms with Crippen molar-refractivity contribution in [3.05, 3.63) is 71.8 Å². The van der Waals surface area contributed by atoms with Crippen LogP contribution >= 0.6 is 27.5 Å². The molecule has 0 spiro atoms. The van der Waals surface area contributed by atoms with Gasteiger partial charge in [0.15, 0.2) is 5.84 Å². The Hall–Kier alpha value is -1.82. The van der Waals surface area contributed by atoms with Gasteiger partial charge in [0.2, 0.25) is 3.91 Å². The van der Waals surface area contributed by atoms with E-state index in [4.69, 9.17) is 21.3 Å². The molecule has 1 atom stereocenters. The molecule has 6 heteroatoms. The van der Waals surface area contributed by atoms with E-state index in [1.165, 1.54) is 0 Å². The first-order valence-corrected chi connectivity index (χ1v) is 9.75. The molecule has 2 aromatic carbocycles. The highest BCUT2D eigenvalue weighted by Crippen LogP contribution is 2.38. The van der Waals surface area contributed by atoms with Gasteiger partial charge in [0.1, 0.15) is 0 Å². The van der Waals surface area contributed by atoms with Crippen molar-refractivity contribution in [2.45, 2.75) is 3.91 Å². The fraction of sp³-hybridized carbons (Fsp3) is 0.250. The molecule has 0 bridgehead atoms. The third-order valence-corrected chi connectivity index (χ3v) is 5.25. The molecule has 1 fully saturated rings. The second kappa shape index (κ2) is 7.43. The molecule has 2 aliphatic rings. The number of morpholine rings is 1. The monoisotopic (exact) mass is 431 g/mol. The number of nitrogens with one attached hydrogen (secondary N) is 1. The predicted octanol–water partition coefficient (Wildman–Crippen LogP) is 4.13. The second-order valence-corrected chi connectivity index (χ2v) is 8.40. The SMILES string of the molecule is ClC1(Br)NC(c2ccccc2)=C(c2ccccc2)N=C1N1CCOCC1. The van der Waals surface area contributed by atoms with Gasteiger partial charge in [0.05, 0.1) is 24.6 Å². The van der Waals surface area contributed by atoms with Gasteiger partial charge in [-0.15, -0.1) is 0 Å². The van der Waals surface area contributed by atoms with E-state index < -0.39 is 3.91 Å². The zero-order valence-corrected chi connectivity index (χ0v) is 16.5. The summed E-state index contributed by atoms with van der Waals surface area (Å²) in [6, 6.07) is 20.3. The summed E-state index contributed by atoms with van der Waals surface area (Å²) < 4.78 is 4.51. The molecule has 26 heavy (non-hydrogen) atoms. The lowest BCUT2D eigenvalue weighted by Gasteiger charge is -2.39. The highest BCUT2D eigenvalue weighted by Gasteiger charge is 2.40. The molecule has 1 unspecified atom stereocenters. The summed E-state index contributed by atoms with van der Waals surface area (Å²) in [6.07, 6.45) is 0. The molecule has 0 aliphatic carbocycles. The summed E-state index contributed by atoms with van der Waals surface area (Å²) in [7, 11) is 0. The van der Waals surface area contributed by atoms with Crippen molar-refractivity contribution >= 4 is 44.8 Å². The Morgan fingerprint density at radius 2 is 1.54 bits per heavy atom. The van der Waals surface area contributed by atoms with Crippen molar-refractivity contribution in [1.82, 2.24) is 10.2 Å². The number of halogens is 2. The number of hydrogen-bond donors (Lipinski definition) is 1. The largest absolute Gasteiger partial charge is 0.378 e. The van der Waals surface area contributed by atoms with Gasteiger partial charge in [-0.3, -0.25) is 0 Å². The summed E-state index contributed by atoms with van der Waals surface area (Å²) in [6.45, 7) is 2.89. The van der Waals surface area contributed by atoms with Crippen LogP contribution in [-0.2, 0) is 4.74 Å². The fourth-order valence-corrected chi connectivity index (χ4v) is 3.96.